The Labute approximate surface area is 144 Å². The van der Waals surface area contributed by atoms with Crippen LogP contribution in [0.4, 0.5) is 18.0 Å². The van der Waals surface area contributed by atoms with Crippen molar-refractivity contribution in [2.45, 2.75) is 18.8 Å². The molecule has 136 valence electrons. The number of carbonyl (C=O) groups excluding carboxylic acids is 2. The van der Waals surface area contributed by atoms with Crippen LogP contribution in [-0.2, 0) is 22.3 Å². The number of ether oxygens (including phenoxy) is 1. The van der Waals surface area contributed by atoms with Crippen LogP contribution in [0.1, 0.15) is 5.56 Å². The first kappa shape index (κ1) is 17.6. The van der Waals surface area contributed by atoms with Crippen molar-refractivity contribution in [3.05, 3.63) is 33.2 Å². The number of cyclic esters (lactones) is 1. The summed E-state index contributed by atoms with van der Waals surface area (Å²) in [6.45, 7) is 0.271. The molecule has 7 nitrogen and oxygen atoms in total. The zero-order valence-electron chi connectivity index (χ0n) is 12.8. The normalized spacial score (nSPS) is 20.5. The van der Waals surface area contributed by atoms with E-state index in [1.165, 1.54) is 9.80 Å². The molecule has 2 fully saturated rings. The number of carbonyl (C=O) groups is 2. The molecule has 0 unspecified atom stereocenters. The number of fused-ring (bicyclic) bond motifs is 1. The highest BCUT2D eigenvalue weighted by atomic mass is 35.5. The lowest BCUT2D eigenvalue weighted by Crippen LogP contribution is -2.54. The standard InChI is InChI=1S/C14H13ClF3N3O4/c15-10-3-8(14(16,17)18)4-20(12(10)23)6-11(22)19-1-2-21-9(5-19)7-25-13(21)24/h3-4,9H,1-2,5-7H2/t9-/m1/s1. The van der Waals surface area contributed by atoms with E-state index in [1.807, 2.05) is 0 Å². The number of nitrogens with zero attached hydrogens (tertiary/aromatic N) is 3. The minimum atomic E-state index is -4.69. The predicted octanol–water partition coefficient (Wildman–Crippen LogP) is 1.18. The molecule has 2 aliphatic rings. The molecule has 3 rings (SSSR count). The van der Waals surface area contributed by atoms with Gasteiger partial charge in [-0.25, -0.2) is 4.79 Å². The van der Waals surface area contributed by atoms with Gasteiger partial charge in [0.25, 0.3) is 5.56 Å². The Morgan fingerprint density at radius 3 is 2.72 bits per heavy atom. The van der Waals surface area contributed by atoms with Crippen LogP contribution >= 0.6 is 11.6 Å². The molecule has 0 spiro atoms. The predicted molar refractivity (Wildman–Crippen MR) is 79.1 cm³/mol. The highest BCUT2D eigenvalue weighted by Crippen LogP contribution is 2.29. The molecule has 25 heavy (non-hydrogen) atoms. The maximum absolute atomic E-state index is 12.8. The minimum absolute atomic E-state index is 0.151. The van der Waals surface area contributed by atoms with Gasteiger partial charge < -0.3 is 14.2 Å². The summed E-state index contributed by atoms with van der Waals surface area (Å²) in [6, 6.07) is 0.248. The second kappa shape index (κ2) is 6.25. The molecule has 0 saturated carbocycles. The topological polar surface area (TPSA) is 71.9 Å². The number of pyridine rings is 1. The fraction of sp³-hybridized carbons (Fsp3) is 0.500. The Bertz CT molecular complexity index is 780. The van der Waals surface area contributed by atoms with Crippen LogP contribution in [0.2, 0.25) is 5.02 Å². The number of rotatable bonds is 2. The molecule has 2 saturated heterocycles. The van der Waals surface area contributed by atoms with E-state index >= 15 is 0 Å². The van der Waals surface area contributed by atoms with E-state index in [-0.39, 0.29) is 32.3 Å². The van der Waals surface area contributed by atoms with Crippen molar-refractivity contribution < 1.29 is 27.5 Å². The van der Waals surface area contributed by atoms with E-state index in [0.29, 0.717) is 16.8 Å². The lowest BCUT2D eigenvalue weighted by atomic mass is 10.2. The van der Waals surface area contributed by atoms with Gasteiger partial charge in [-0.2, -0.15) is 13.2 Å². The van der Waals surface area contributed by atoms with Crippen LogP contribution in [-0.4, -0.2) is 58.7 Å². The van der Waals surface area contributed by atoms with Gasteiger partial charge in [-0.05, 0) is 6.07 Å². The molecule has 0 N–H and O–H groups in total. The monoisotopic (exact) mass is 379 g/mol. The molecule has 0 bridgehead atoms. The van der Waals surface area contributed by atoms with E-state index < -0.39 is 40.9 Å². The Morgan fingerprint density at radius 1 is 1.32 bits per heavy atom. The van der Waals surface area contributed by atoms with Crippen LogP contribution in [0.3, 0.4) is 0 Å². The summed E-state index contributed by atoms with van der Waals surface area (Å²) in [5.41, 5.74) is -1.98. The lowest BCUT2D eigenvalue weighted by molar-refractivity contribution is -0.139. The number of hydrogen-bond acceptors (Lipinski definition) is 4. The summed E-state index contributed by atoms with van der Waals surface area (Å²) in [6.07, 6.45) is -4.56. The SMILES string of the molecule is O=C(Cn1cc(C(F)(F)F)cc(Cl)c1=O)N1CCN2C(=O)OC[C@H]2C1. The van der Waals surface area contributed by atoms with Gasteiger partial charge in [0, 0.05) is 25.8 Å². The van der Waals surface area contributed by atoms with Crippen LogP contribution in [0.5, 0.6) is 0 Å². The van der Waals surface area contributed by atoms with E-state index in [4.69, 9.17) is 16.3 Å². The van der Waals surface area contributed by atoms with Crippen LogP contribution in [0, 0.1) is 0 Å². The third kappa shape index (κ3) is 3.44. The fourth-order valence-corrected chi connectivity index (χ4v) is 3.06. The highest BCUT2D eigenvalue weighted by Gasteiger charge is 2.39. The maximum Gasteiger partial charge on any atom is 0.417 e. The lowest BCUT2D eigenvalue weighted by Gasteiger charge is -2.35. The van der Waals surface area contributed by atoms with Crippen molar-refractivity contribution in [1.82, 2.24) is 14.4 Å². The zero-order valence-corrected chi connectivity index (χ0v) is 13.5. The molecule has 0 aromatic carbocycles. The zero-order chi connectivity index (χ0) is 18.4. The van der Waals surface area contributed by atoms with Gasteiger partial charge in [0.05, 0.1) is 11.6 Å². The maximum atomic E-state index is 12.8. The summed E-state index contributed by atoms with van der Waals surface area (Å²) in [4.78, 5) is 38.6. The van der Waals surface area contributed by atoms with Crippen LogP contribution < -0.4 is 5.56 Å². The van der Waals surface area contributed by atoms with Gasteiger partial charge in [0.1, 0.15) is 18.2 Å². The van der Waals surface area contributed by atoms with Crippen LogP contribution in [0.15, 0.2) is 17.1 Å². The molecule has 1 aromatic heterocycles. The van der Waals surface area contributed by atoms with Crippen molar-refractivity contribution in [1.29, 1.82) is 0 Å². The quantitative estimate of drug-likeness (QED) is 0.773. The van der Waals surface area contributed by atoms with E-state index in [1.54, 1.807) is 0 Å². The summed E-state index contributed by atoms with van der Waals surface area (Å²) in [5, 5.41) is -0.609. The molecule has 2 amide bonds. The van der Waals surface area contributed by atoms with Gasteiger partial charge in [-0.3, -0.25) is 14.5 Å². The molecule has 1 aromatic rings. The summed E-state index contributed by atoms with van der Waals surface area (Å²) < 4.78 is 44.0. The Balaban J connectivity index is 1.76. The summed E-state index contributed by atoms with van der Waals surface area (Å²) in [5.74, 6) is -0.531. The smallest absolute Gasteiger partial charge is 0.417 e. The molecular weight excluding hydrogens is 367 g/mol. The van der Waals surface area contributed by atoms with Gasteiger partial charge in [-0.1, -0.05) is 11.6 Å². The van der Waals surface area contributed by atoms with Gasteiger partial charge in [0.15, 0.2) is 0 Å². The van der Waals surface area contributed by atoms with E-state index in [2.05, 4.69) is 0 Å². The first-order valence-electron chi connectivity index (χ1n) is 7.35. The first-order valence-corrected chi connectivity index (χ1v) is 7.73. The molecule has 0 radical (unpaired) electrons. The largest absolute Gasteiger partial charge is 0.447 e. The Hall–Kier alpha value is -2.23. The van der Waals surface area contributed by atoms with Crippen molar-refractivity contribution >= 4 is 23.6 Å². The van der Waals surface area contributed by atoms with Gasteiger partial charge in [-0.15, -0.1) is 0 Å². The number of hydrogen-bond donors (Lipinski definition) is 0. The van der Waals surface area contributed by atoms with E-state index in [0.717, 1.165) is 0 Å². The molecular formula is C14H13ClF3N3O4. The van der Waals surface area contributed by atoms with Gasteiger partial charge in [0.2, 0.25) is 5.91 Å². The molecule has 11 heteroatoms. The Morgan fingerprint density at radius 2 is 2.04 bits per heavy atom. The number of halogens is 4. The second-order valence-corrected chi connectivity index (χ2v) is 6.18. The van der Waals surface area contributed by atoms with Crippen molar-refractivity contribution in [3.8, 4) is 0 Å². The average Bonchev–Trinajstić information content (AvgIpc) is 2.91. The molecule has 2 aliphatic heterocycles. The van der Waals surface area contributed by atoms with Crippen LogP contribution in [0.25, 0.3) is 0 Å². The average molecular weight is 380 g/mol. The summed E-state index contributed by atoms with van der Waals surface area (Å²) in [7, 11) is 0. The second-order valence-electron chi connectivity index (χ2n) is 5.77. The highest BCUT2D eigenvalue weighted by molar-refractivity contribution is 6.30. The third-order valence-electron chi connectivity index (χ3n) is 4.14. The molecule has 3 heterocycles. The number of alkyl halides is 3. The third-order valence-corrected chi connectivity index (χ3v) is 4.42. The number of aromatic nitrogens is 1. The number of piperazine rings is 1. The molecule has 0 aliphatic carbocycles. The Kier molecular flexibility index (Phi) is 4.40. The van der Waals surface area contributed by atoms with Crippen molar-refractivity contribution in [3.63, 3.8) is 0 Å². The van der Waals surface area contributed by atoms with Crippen molar-refractivity contribution in [2.24, 2.45) is 0 Å². The minimum Gasteiger partial charge on any atom is -0.447 e. The number of amides is 2. The van der Waals surface area contributed by atoms with E-state index in [9.17, 15) is 27.6 Å². The summed E-state index contributed by atoms with van der Waals surface area (Å²) >= 11 is 5.56. The van der Waals surface area contributed by atoms with Gasteiger partial charge >= 0.3 is 12.3 Å². The van der Waals surface area contributed by atoms with Crippen molar-refractivity contribution in [2.75, 3.05) is 26.2 Å². The molecule has 1 atom stereocenters. The fourth-order valence-electron chi connectivity index (χ4n) is 2.83. The first-order chi connectivity index (χ1) is 11.7.